The molecule has 0 aliphatic heterocycles. The fraction of sp³-hybridized carbons (Fsp3) is 0.545. The first-order valence-corrected chi connectivity index (χ1v) is 4.57. The summed E-state index contributed by atoms with van der Waals surface area (Å²) in [6, 6.07) is 0. The standard InChI is InChI=1S/C11H17N/c1-4-10(2)12-11(3)8-6-5-7-9-11/h6-9H,4-5H2,1-3H3. The highest BCUT2D eigenvalue weighted by Gasteiger charge is 2.16. The maximum absolute atomic E-state index is 4.63. The lowest BCUT2D eigenvalue weighted by Gasteiger charge is -2.20. The normalized spacial score (nSPS) is 21.4. The van der Waals surface area contributed by atoms with Crippen molar-refractivity contribution in [2.45, 2.75) is 39.2 Å². The number of hydrogen-bond acceptors (Lipinski definition) is 1. The molecule has 1 nitrogen and oxygen atoms in total. The van der Waals surface area contributed by atoms with Crippen molar-refractivity contribution in [1.29, 1.82) is 0 Å². The molecule has 0 spiro atoms. The van der Waals surface area contributed by atoms with Crippen LogP contribution in [0.15, 0.2) is 29.3 Å². The zero-order chi connectivity index (χ0) is 9.03. The Labute approximate surface area is 74.9 Å². The molecule has 0 radical (unpaired) electrons. The zero-order valence-electron chi connectivity index (χ0n) is 8.17. The van der Waals surface area contributed by atoms with Crippen molar-refractivity contribution in [2.24, 2.45) is 4.99 Å². The average Bonchev–Trinajstić information content (AvgIpc) is 2.05. The molecule has 12 heavy (non-hydrogen) atoms. The fourth-order valence-corrected chi connectivity index (χ4v) is 1.31. The molecule has 0 N–H and O–H groups in total. The second kappa shape index (κ2) is 3.70. The molecule has 1 aliphatic rings. The van der Waals surface area contributed by atoms with Crippen LogP contribution in [0.25, 0.3) is 0 Å². The van der Waals surface area contributed by atoms with Crippen LogP contribution in [-0.2, 0) is 0 Å². The van der Waals surface area contributed by atoms with Gasteiger partial charge in [0.15, 0.2) is 0 Å². The predicted octanol–water partition coefficient (Wildman–Crippen LogP) is 3.13. The minimum atomic E-state index is -0.0711. The maximum atomic E-state index is 4.63. The molecule has 0 aromatic carbocycles. The molecule has 0 saturated heterocycles. The monoisotopic (exact) mass is 163 g/mol. The third kappa shape index (κ3) is 2.33. The summed E-state index contributed by atoms with van der Waals surface area (Å²) in [4.78, 5) is 4.63. The zero-order valence-corrected chi connectivity index (χ0v) is 8.17. The molecule has 66 valence electrons. The van der Waals surface area contributed by atoms with Crippen LogP contribution in [0, 0.1) is 0 Å². The van der Waals surface area contributed by atoms with E-state index in [9.17, 15) is 0 Å². The Morgan fingerprint density at radius 3 is 2.50 bits per heavy atom. The number of hydrogen-bond donors (Lipinski definition) is 0. The Bertz CT molecular complexity index is 221. The van der Waals surface area contributed by atoms with Crippen molar-refractivity contribution in [3.05, 3.63) is 24.3 Å². The maximum Gasteiger partial charge on any atom is 0.0939 e. The van der Waals surface area contributed by atoms with Gasteiger partial charge in [-0.25, -0.2) is 0 Å². The highest BCUT2D eigenvalue weighted by atomic mass is 14.8. The van der Waals surface area contributed by atoms with E-state index in [-0.39, 0.29) is 5.54 Å². The summed E-state index contributed by atoms with van der Waals surface area (Å²) in [6.45, 7) is 6.36. The number of aliphatic imine (C=N–C) groups is 1. The van der Waals surface area contributed by atoms with Gasteiger partial charge in [-0.2, -0.15) is 0 Å². The van der Waals surface area contributed by atoms with Crippen LogP contribution in [0.4, 0.5) is 0 Å². The molecule has 0 amide bonds. The first-order valence-electron chi connectivity index (χ1n) is 4.57. The van der Waals surface area contributed by atoms with Gasteiger partial charge in [-0.3, -0.25) is 4.99 Å². The van der Waals surface area contributed by atoms with Crippen molar-refractivity contribution < 1.29 is 0 Å². The molecule has 0 unspecified atom stereocenters. The van der Waals surface area contributed by atoms with Gasteiger partial charge in [0.1, 0.15) is 0 Å². The summed E-state index contributed by atoms with van der Waals surface area (Å²) >= 11 is 0. The van der Waals surface area contributed by atoms with Crippen LogP contribution < -0.4 is 0 Å². The molecular weight excluding hydrogens is 146 g/mol. The lowest BCUT2D eigenvalue weighted by Crippen LogP contribution is -2.18. The SMILES string of the molecule is CCC(C)=NC1(C)C=CCC=C1. The summed E-state index contributed by atoms with van der Waals surface area (Å²) in [5.41, 5.74) is 1.15. The van der Waals surface area contributed by atoms with Crippen molar-refractivity contribution in [3.8, 4) is 0 Å². The summed E-state index contributed by atoms with van der Waals surface area (Å²) in [7, 11) is 0. The van der Waals surface area contributed by atoms with Gasteiger partial charge in [0.25, 0.3) is 0 Å². The van der Waals surface area contributed by atoms with Gasteiger partial charge >= 0.3 is 0 Å². The molecule has 0 bridgehead atoms. The van der Waals surface area contributed by atoms with Gasteiger partial charge in [-0.05, 0) is 26.7 Å². The lowest BCUT2D eigenvalue weighted by atomic mass is 9.97. The Balaban J connectivity index is 2.78. The van der Waals surface area contributed by atoms with E-state index in [0.29, 0.717) is 0 Å². The largest absolute Gasteiger partial charge is 0.280 e. The van der Waals surface area contributed by atoms with Crippen LogP contribution in [0.5, 0.6) is 0 Å². The summed E-state index contributed by atoms with van der Waals surface area (Å²) in [5.74, 6) is 0. The second-order valence-corrected chi connectivity index (χ2v) is 3.47. The topological polar surface area (TPSA) is 12.4 Å². The summed E-state index contributed by atoms with van der Waals surface area (Å²) < 4.78 is 0. The van der Waals surface area contributed by atoms with Crippen molar-refractivity contribution >= 4 is 5.71 Å². The minimum absolute atomic E-state index is 0.0711. The van der Waals surface area contributed by atoms with Gasteiger partial charge in [0.05, 0.1) is 5.54 Å². The van der Waals surface area contributed by atoms with Gasteiger partial charge in [0, 0.05) is 5.71 Å². The molecular formula is C11H17N. The van der Waals surface area contributed by atoms with E-state index in [1.165, 1.54) is 5.71 Å². The molecule has 1 aliphatic carbocycles. The number of allylic oxidation sites excluding steroid dienone is 2. The van der Waals surface area contributed by atoms with E-state index >= 15 is 0 Å². The van der Waals surface area contributed by atoms with Gasteiger partial charge < -0.3 is 0 Å². The third-order valence-electron chi connectivity index (χ3n) is 2.13. The Hall–Kier alpha value is -0.850. The van der Waals surface area contributed by atoms with Crippen molar-refractivity contribution in [3.63, 3.8) is 0 Å². The quantitative estimate of drug-likeness (QED) is 0.438. The third-order valence-corrected chi connectivity index (χ3v) is 2.13. The van der Waals surface area contributed by atoms with E-state index in [0.717, 1.165) is 12.8 Å². The van der Waals surface area contributed by atoms with E-state index in [1.807, 2.05) is 0 Å². The van der Waals surface area contributed by atoms with E-state index in [4.69, 9.17) is 0 Å². The number of rotatable bonds is 2. The first kappa shape index (κ1) is 9.24. The van der Waals surface area contributed by atoms with Gasteiger partial charge in [0.2, 0.25) is 0 Å². The van der Waals surface area contributed by atoms with Gasteiger partial charge in [-0.1, -0.05) is 31.2 Å². The number of nitrogens with zero attached hydrogens (tertiary/aromatic N) is 1. The predicted molar refractivity (Wildman–Crippen MR) is 54.7 cm³/mol. The van der Waals surface area contributed by atoms with E-state index in [1.54, 1.807) is 0 Å². The van der Waals surface area contributed by atoms with E-state index < -0.39 is 0 Å². The molecule has 0 aromatic heterocycles. The van der Waals surface area contributed by atoms with Crippen LogP contribution in [0.3, 0.4) is 0 Å². The van der Waals surface area contributed by atoms with Crippen molar-refractivity contribution in [2.75, 3.05) is 0 Å². The molecule has 0 aromatic rings. The minimum Gasteiger partial charge on any atom is -0.280 e. The van der Waals surface area contributed by atoms with Crippen LogP contribution in [0.1, 0.15) is 33.6 Å². The Morgan fingerprint density at radius 1 is 1.42 bits per heavy atom. The molecule has 1 rings (SSSR count). The second-order valence-electron chi connectivity index (χ2n) is 3.47. The fourth-order valence-electron chi connectivity index (χ4n) is 1.31. The van der Waals surface area contributed by atoms with Crippen LogP contribution in [0.2, 0.25) is 0 Å². The Kier molecular flexibility index (Phi) is 2.85. The molecule has 0 saturated carbocycles. The molecule has 0 atom stereocenters. The van der Waals surface area contributed by atoms with Crippen LogP contribution in [-0.4, -0.2) is 11.3 Å². The Morgan fingerprint density at radius 2 is 2.00 bits per heavy atom. The van der Waals surface area contributed by atoms with Gasteiger partial charge in [-0.15, -0.1) is 0 Å². The molecule has 0 fully saturated rings. The summed E-state index contributed by atoms with van der Waals surface area (Å²) in [6.07, 6.45) is 10.8. The van der Waals surface area contributed by atoms with E-state index in [2.05, 4.69) is 50.1 Å². The highest BCUT2D eigenvalue weighted by Crippen LogP contribution is 2.19. The highest BCUT2D eigenvalue weighted by molar-refractivity contribution is 5.82. The average molecular weight is 163 g/mol. The molecule has 0 heterocycles. The molecule has 1 heteroatoms. The first-order chi connectivity index (χ1) is 5.66. The smallest absolute Gasteiger partial charge is 0.0939 e. The van der Waals surface area contributed by atoms with Crippen molar-refractivity contribution in [1.82, 2.24) is 0 Å². The summed E-state index contributed by atoms with van der Waals surface area (Å²) in [5, 5.41) is 0. The van der Waals surface area contributed by atoms with Crippen LogP contribution >= 0.6 is 0 Å². The lowest BCUT2D eigenvalue weighted by molar-refractivity contribution is 0.720.